The summed E-state index contributed by atoms with van der Waals surface area (Å²) in [7, 11) is 0. The van der Waals surface area contributed by atoms with Crippen molar-refractivity contribution in [1.29, 1.82) is 0 Å². The molecule has 0 saturated heterocycles. The van der Waals surface area contributed by atoms with Crippen LogP contribution >= 0.6 is 11.6 Å². The van der Waals surface area contributed by atoms with Crippen LogP contribution in [0.4, 0.5) is 5.95 Å². The van der Waals surface area contributed by atoms with Crippen LogP contribution in [0.1, 0.15) is 37.8 Å². The molecular formula is C12H17ClN4O. The zero-order chi connectivity index (χ0) is 13.2. The lowest BCUT2D eigenvalue weighted by Gasteiger charge is -2.22. The highest BCUT2D eigenvalue weighted by atomic mass is 35.5. The van der Waals surface area contributed by atoms with Gasteiger partial charge in [0.15, 0.2) is 0 Å². The van der Waals surface area contributed by atoms with Gasteiger partial charge in [-0.3, -0.25) is 10.1 Å². The Kier molecular flexibility index (Phi) is 3.82. The molecule has 3 N–H and O–H groups in total. The molecule has 1 saturated carbocycles. The van der Waals surface area contributed by atoms with Crippen molar-refractivity contribution < 1.29 is 4.79 Å². The number of nitrogens with zero attached hydrogens (tertiary/aromatic N) is 2. The molecule has 1 aliphatic rings. The molecule has 0 radical (unpaired) electrons. The van der Waals surface area contributed by atoms with E-state index in [-0.39, 0.29) is 17.4 Å². The van der Waals surface area contributed by atoms with Gasteiger partial charge in [0.2, 0.25) is 11.9 Å². The highest BCUT2D eigenvalue weighted by molar-refractivity contribution is 6.29. The first kappa shape index (κ1) is 13.2. The summed E-state index contributed by atoms with van der Waals surface area (Å²) in [4.78, 5) is 19.9. The van der Waals surface area contributed by atoms with E-state index in [1.807, 2.05) is 0 Å². The van der Waals surface area contributed by atoms with Crippen LogP contribution in [0, 0.1) is 6.92 Å². The lowest BCUT2D eigenvalue weighted by atomic mass is 9.94. The smallest absolute Gasteiger partial charge is 0.231 e. The van der Waals surface area contributed by atoms with Crippen LogP contribution in [0.25, 0.3) is 0 Å². The first-order valence-electron chi connectivity index (χ1n) is 6.07. The summed E-state index contributed by atoms with van der Waals surface area (Å²) in [5, 5.41) is 2.97. The third-order valence-electron chi connectivity index (χ3n) is 3.19. The van der Waals surface area contributed by atoms with Gasteiger partial charge < -0.3 is 5.73 Å². The minimum Gasteiger partial charge on any atom is -0.325 e. The quantitative estimate of drug-likeness (QED) is 0.822. The number of nitrogens with two attached hydrogens (primary N) is 1. The number of aryl methyl sites for hydroxylation is 1. The fraction of sp³-hybridized carbons (Fsp3) is 0.583. The zero-order valence-corrected chi connectivity index (χ0v) is 11.1. The second-order valence-corrected chi connectivity index (χ2v) is 5.34. The predicted octanol–water partition coefficient (Wildman–Crippen LogP) is 2.04. The van der Waals surface area contributed by atoms with Crippen molar-refractivity contribution >= 4 is 23.5 Å². The molecular weight excluding hydrogens is 252 g/mol. The third-order valence-corrected chi connectivity index (χ3v) is 3.38. The summed E-state index contributed by atoms with van der Waals surface area (Å²) in [6, 6.07) is 1.64. The van der Waals surface area contributed by atoms with Crippen LogP contribution in [-0.2, 0) is 4.79 Å². The van der Waals surface area contributed by atoms with Crippen molar-refractivity contribution in [1.82, 2.24) is 9.97 Å². The molecule has 2 rings (SSSR count). The average molecular weight is 269 g/mol. The Morgan fingerprint density at radius 1 is 1.50 bits per heavy atom. The molecule has 1 aliphatic carbocycles. The van der Waals surface area contributed by atoms with E-state index in [0.717, 1.165) is 25.7 Å². The second-order valence-electron chi connectivity index (χ2n) is 4.95. The van der Waals surface area contributed by atoms with Crippen LogP contribution in [0.2, 0.25) is 5.15 Å². The van der Waals surface area contributed by atoms with Crippen LogP contribution < -0.4 is 11.1 Å². The largest absolute Gasteiger partial charge is 0.325 e. The molecule has 1 fully saturated rings. The number of nitrogens with one attached hydrogen (secondary N) is 1. The van der Waals surface area contributed by atoms with Crippen molar-refractivity contribution in [3.63, 3.8) is 0 Å². The molecule has 1 aromatic heterocycles. The van der Waals surface area contributed by atoms with Crippen molar-refractivity contribution in [2.24, 2.45) is 5.73 Å². The van der Waals surface area contributed by atoms with Gasteiger partial charge in [0, 0.05) is 17.7 Å². The second kappa shape index (κ2) is 5.20. The number of halogens is 1. The summed E-state index contributed by atoms with van der Waals surface area (Å²) in [6.45, 7) is 1.80. The standard InChI is InChI=1S/C12H17ClN4O/c1-8-6-9(13)16-11(15-8)17-10(18)7-12(14)4-2-3-5-12/h6H,2-5,7,14H2,1H3,(H,15,16,17,18). The Morgan fingerprint density at radius 2 is 2.17 bits per heavy atom. The van der Waals surface area contributed by atoms with Crippen LogP contribution in [0.3, 0.4) is 0 Å². The Balaban J connectivity index is 1.98. The maximum atomic E-state index is 11.9. The Hall–Kier alpha value is -1.20. The Labute approximate surface area is 111 Å². The van der Waals surface area contributed by atoms with Gasteiger partial charge in [-0.1, -0.05) is 24.4 Å². The number of rotatable bonds is 3. The molecule has 0 aliphatic heterocycles. The lowest BCUT2D eigenvalue weighted by molar-refractivity contribution is -0.117. The SMILES string of the molecule is Cc1cc(Cl)nc(NC(=O)CC2(N)CCCC2)n1. The summed E-state index contributed by atoms with van der Waals surface area (Å²) < 4.78 is 0. The minimum atomic E-state index is -0.363. The third kappa shape index (κ3) is 3.40. The van der Waals surface area contributed by atoms with Gasteiger partial charge in [-0.15, -0.1) is 0 Å². The molecule has 6 heteroatoms. The summed E-state index contributed by atoms with van der Waals surface area (Å²) >= 11 is 5.80. The Bertz CT molecular complexity index is 437. The maximum absolute atomic E-state index is 11.9. The van der Waals surface area contributed by atoms with Gasteiger partial charge in [-0.25, -0.2) is 9.97 Å². The molecule has 18 heavy (non-hydrogen) atoms. The number of hydrogen-bond acceptors (Lipinski definition) is 4. The molecule has 0 aromatic carbocycles. The lowest BCUT2D eigenvalue weighted by Crippen LogP contribution is -2.40. The topological polar surface area (TPSA) is 80.9 Å². The molecule has 1 aromatic rings. The summed E-state index contributed by atoms with van der Waals surface area (Å²) in [5.74, 6) is 0.0904. The van der Waals surface area contributed by atoms with E-state index in [1.54, 1.807) is 13.0 Å². The van der Waals surface area contributed by atoms with E-state index < -0.39 is 0 Å². The number of carbonyl (C=O) groups is 1. The Morgan fingerprint density at radius 3 is 2.78 bits per heavy atom. The predicted molar refractivity (Wildman–Crippen MR) is 70.4 cm³/mol. The molecule has 0 atom stereocenters. The summed E-state index contributed by atoms with van der Waals surface area (Å²) in [5.41, 5.74) is 6.50. The van der Waals surface area contributed by atoms with Gasteiger partial charge in [0.1, 0.15) is 5.15 Å². The fourth-order valence-electron chi connectivity index (χ4n) is 2.33. The highest BCUT2D eigenvalue weighted by Gasteiger charge is 2.31. The van der Waals surface area contributed by atoms with E-state index >= 15 is 0 Å². The number of carbonyl (C=O) groups excluding carboxylic acids is 1. The van der Waals surface area contributed by atoms with E-state index in [2.05, 4.69) is 15.3 Å². The zero-order valence-electron chi connectivity index (χ0n) is 10.4. The van der Waals surface area contributed by atoms with E-state index in [1.165, 1.54) is 0 Å². The number of aromatic nitrogens is 2. The molecule has 98 valence electrons. The monoisotopic (exact) mass is 268 g/mol. The van der Waals surface area contributed by atoms with Crippen LogP contribution in [0.5, 0.6) is 0 Å². The minimum absolute atomic E-state index is 0.152. The number of hydrogen-bond donors (Lipinski definition) is 2. The first-order valence-corrected chi connectivity index (χ1v) is 6.45. The van der Waals surface area contributed by atoms with Crippen molar-refractivity contribution in [3.05, 3.63) is 16.9 Å². The average Bonchev–Trinajstić information content (AvgIpc) is 2.62. The molecule has 1 amide bonds. The summed E-state index contributed by atoms with van der Waals surface area (Å²) in [6.07, 6.45) is 4.29. The first-order chi connectivity index (χ1) is 8.47. The molecule has 0 unspecified atom stereocenters. The van der Waals surface area contributed by atoms with Gasteiger partial charge >= 0.3 is 0 Å². The van der Waals surface area contributed by atoms with E-state index in [0.29, 0.717) is 17.3 Å². The molecule has 0 bridgehead atoms. The van der Waals surface area contributed by atoms with Gasteiger partial charge in [-0.05, 0) is 25.8 Å². The van der Waals surface area contributed by atoms with Crippen LogP contribution in [-0.4, -0.2) is 21.4 Å². The highest BCUT2D eigenvalue weighted by Crippen LogP contribution is 2.30. The van der Waals surface area contributed by atoms with Crippen molar-refractivity contribution in [2.75, 3.05) is 5.32 Å². The normalized spacial score (nSPS) is 17.7. The number of amides is 1. The van der Waals surface area contributed by atoms with Gasteiger partial charge in [0.05, 0.1) is 0 Å². The van der Waals surface area contributed by atoms with E-state index in [9.17, 15) is 4.79 Å². The van der Waals surface area contributed by atoms with Gasteiger partial charge in [0.25, 0.3) is 0 Å². The van der Waals surface area contributed by atoms with Gasteiger partial charge in [-0.2, -0.15) is 0 Å². The molecule has 5 nitrogen and oxygen atoms in total. The molecule has 0 spiro atoms. The fourth-order valence-corrected chi connectivity index (χ4v) is 2.57. The van der Waals surface area contributed by atoms with Crippen molar-refractivity contribution in [2.45, 2.75) is 44.6 Å². The van der Waals surface area contributed by atoms with E-state index in [4.69, 9.17) is 17.3 Å². The maximum Gasteiger partial charge on any atom is 0.231 e. The number of anilines is 1. The van der Waals surface area contributed by atoms with Crippen molar-refractivity contribution in [3.8, 4) is 0 Å². The molecule has 1 heterocycles. The van der Waals surface area contributed by atoms with Crippen LogP contribution in [0.15, 0.2) is 6.07 Å².